The molecule has 1 aromatic carbocycles. The highest BCUT2D eigenvalue weighted by atomic mass is 14.9. The Morgan fingerprint density at radius 3 is 2.47 bits per heavy atom. The van der Waals surface area contributed by atoms with Gasteiger partial charge in [0, 0.05) is 12.6 Å². The van der Waals surface area contributed by atoms with Crippen molar-refractivity contribution in [2.75, 3.05) is 6.54 Å². The Balaban J connectivity index is 1.59. The van der Waals surface area contributed by atoms with Crippen molar-refractivity contribution < 1.29 is 0 Å². The van der Waals surface area contributed by atoms with Crippen LogP contribution in [-0.2, 0) is 0 Å². The Kier molecular flexibility index (Phi) is 3.02. The second-order valence-corrected chi connectivity index (χ2v) is 5.59. The van der Waals surface area contributed by atoms with E-state index in [2.05, 4.69) is 42.6 Å². The number of rotatable bonds is 5. The molecule has 0 heterocycles. The maximum absolute atomic E-state index is 3.55. The minimum Gasteiger partial charge on any atom is -0.310 e. The van der Waals surface area contributed by atoms with Gasteiger partial charge in [-0.3, -0.25) is 0 Å². The Morgan fingerprint density at radius 1 is 1.18 bits per heavy atom. The molecule has 2 saturated carbocycles. The van der Waals surface area contributed by atoms with E-state index in [1.807, 2.05) is 0 Å². The van der Waals surface area contributed by atoms with Crippen molar-refractivity contribution in [3.63, 3.8) is 0 Å². The first-order valence-electron chi connectivity index (χ1n) is 6.82. The highest BCUT2D eigenvalue weighted by Crippen LogP contribution is 2.39. The molecule has 0 radical (unpaired) electrons. The summed E-state index contributed by atoms with van der Waals surface area (Å²) in [5, 5.41) is 3.55. The van der Waals surface area contributed by atoms with E-state index >= 15 is 0 Å². The second kappa shape index (κ2) is 4.66. The fraction of sp³-hybridized carbons (Fsp3) is 0.500. The van der Waals surface area contributed by atoms with Crippen LogP contribution in [-0.4, -0.2) is 12.6 Å². The van der Waals surface area contributed by atoms with Gasteiger partial charge in [0.15, 0.2) is 0 Å². The molecule has 0 aliphatic heterocycles. The van der Waals surface area contributed by atoms with Crippen molar-refractivity contribution in [3.8, 4) is 0 Å². The smallest absolute Gasteiger partial charge is 0.0167 e. The van der Waals surface area contributed by atoms with Gasteiger partial charge in [-0.15, -0.1) is 0 Å². The van der Waals surface area contributed by atoms with E-state index in [4.69, 9.17) is 0 Å². The van der Waals surface area contributed by atoms with Crippen molar-refractivity contribution in [3.05, 3.63) is 41.0 Å². The maximum atomic E-state index is 3.55. The van der Waals surface area contributed by atoms with Gasteiger partial charge in [0.1, 0.15) is 0 Å². The van der Waals surface area contributed by atoms with Crippen molar-refractivity contribution in [1.82, 2.24) is 5.32 Å². The average molecular weight is 227 g/mol. The van der Waals surface area contributed by atoms with Crippen LogP contribution in [0.15, 0.2) is 29.8 Å². The molecule has 0 spiro atoms. The van der Waals surface area contributed by atoms with E-state index in [0.717, 1.165) is 18.5 Å². The maximum Gasteiger partial charge on any atom is 0.0167 e. The summed E-state index contributed by atoms with van der Waals surface area (Å²) in [7, 11) is 0. The number of benzene rings is 1. The highest BCUT2D eigenvalue weighted by Gasteiger charge is 2.22. The van der Waals surface area contributed by atoms with Gasteiger partial charge < -0.3 is 5.32 Å². The van der Waals surface area contributed by atoms with Crippen molar-refractivity contribution in [2.45, 2.75) is 44.6 Å². The zero-order chi connectivity index (χ0) is 11.7. The summed E-state index contributed by atoms with van der Waals surface area (Å²) in [4.78, 5) is 0. The molecule has 1 N–H and O–H groups in total. The molecule has 2 fully saturated rings. The molecular formula is C16H21N. The van der Waals surface area contributed by atoms with Crippen LogP contribution in [0.4, 0.5) is 0 Å². The first-order valence-corrected chi connectivity index (χ1v) is 6.82. The van der Waals surface area contributed by atoms with Crippen LogP contribution >= 0.6 is 0 Å². The van der Waals surface area contributed by atoms with Gasteiger partial charge in [0.05, 0.1) is 0 Å². The lowest BCUT2D eigenvalue weighted by atomic mass is 10.1. The molecule has 2 aliphatic carbocycles. The molecule has 0 amide bonds. The zero-order valence-electron chi connectivity index (χ0n) is 10.6. The standard InChI is InChI=1S/C16H21N/c1-12(11-17-16-8-9-16)10-13-2-4-14(5-3-13)15-6-7-15/h2-5,10,15-17H,6-9,11H2,1H3. The molecule has 2 aliphatic rings. The van der Waals surface area contributed by atoms with Gasteiger partial charge in [-0.05, 0) is 49.7 Å². The van der Waals surface area contributed by atoms with E-state index in [1.54, 1.807) is 0 Å². The summed E-state index contributed by atoms with van der Waals surface area (Å²) in [6, 6.07) is 9.91. The van der Waals surface area contributed by atoms with E-state index in [1.165, 1.54) is 42.4 Å². The minimum absolute atomic E-state index is 0.801. The normalized spacial score (nSPS) is 20.6. The number of nitrogens with one attached hydrogen (secondary N) is 1. The molecule has 3 rings (SSSR count). The number of hydrogen-bond acceptors (Lipinski definition) is 1. The monoisotopic (exact) mass is 227 g/mol. The van der Waals surface area contributed by atoms with Crippen LogP contribution in [0.2, 0.25) is 0 Å². The van der Waals surface area contributed by atoms with Gasteiger partial charge in [-0.25, -0.2) is 0 Å². The van der Waals surface area contributed by atoms with E-state index in [-0.39, 0.29) is 0 Å². The van der Waals surface area contributed by atoms with Gasteiger partial charge in [-0.2, -0.15) is 0 Å². The largest absolute Gasteiger partial charge is 0.310 e. The van der Waals surface area contributed by atoms with Crippen LogP contribution in [0.5, 0.6) is 0 Å². The van der Waals surface area contributed by atoms with Gasteiger partial charge in [0.25, 0.3) is 0 Å². The van der Waals surface area contributed by atoms with Crippen LogP contribution in [0, 0.1) is 0 Å². The first-order chi connectivity index (χ1) is 8.31. The fourth-order valence-electron chi connectivity index (χ4n) is 2.21. The van der Waals surface area contributed by atoms with Crippen molar-refractivity contribution in [1.29, 1.82) is 0 Å². The third-order valence-electron chi connectivity index (χ3n) is 3.65. The lowest BCUT2D eigenvalue weighted by Gasteiger charge is -2.04. The van der Waals surface area contributed by atoms with Crippen molar-refractivity contribution >= 4 is 6.08 Å². The predicted molar refractivity (Wildman–Crippen MR) is 73.1 cm³/mol. The first kappa shape index (κ1) is 11.0. The molecular weight excluding hydrogens is 206 g/mol. The zero-order valence-corrected chi connectivity index (χ0v) is 10.6. The molecule has 1 heteroatoms. The summed E-state index contributed by atoms with van der Waals surface area (Å²) >= 11 is 0. The third-order valence-corrected chi connectivity index (χ3v) is 3.65. The lowest BCUT2D eigenvalue weighted by molar-refractivity contribution is 0.736. The molecule has 1 aromatic rings. The van der Waals surface area contributed by atoms with Gasteiger partial charge in [-0.1, -0.05) is 35.9 Å². The van der Waals surface area contributed by atoms with E-state index in [9.17, 15) is 0 Å². The highest BCUT2D eigenvalue weighted by molar-refractivity contribution is 5.53. The summed E-state index contributed by atoms with van der Waals surface area (Å²) in [6.07, 6.45) is 7.80. The fourth-order valence-corrected chi connectivity index (χ4v) is 2.21. The third kappa shape index (κ3) is 3.19. The summed E-state index contributed by atoms with van der Waals surface area (Å²) in [6.45, 7) is 3.25. The molecule has 0 unspecified atom stereocenters. The minimum atomic E-state index is 0.801. The summed E-state index contributed by atoms with van der Waals surface area (Å²) in [5.41, 5.74) is 4.29. The quantitative estimate of drug-likeness (QED) is 0.808. The molecule has 17 heavy (non-hydrogen) atoms. The molecule has 90 valence electrons. The van der Waals surface area contributed by atoms with Crippen LogP contribution in [0.3, 0.4) is 0 Å². The lowest BCUT2D eigenvalue weighted by Crippen LogP contribution is -2.18. The number of hydrogen-bond donors (Lipinski definition) is 1. The van der Waals surface area contributed by atoms with Crippen LogP contribution in [0.1, 0.15) is 49.7 Å². The molecule has 0 bridgehead atoms. The SMILES string of the molecule is CC(=Cc1ccc(C2CC2)cc1)CNC1CC1. The molecule has 0 aromatic heterocycles. The van der Waals surface area contributed by atoms with Crippen LogP contribution < -0.4 is 5.32 Å². The average Bonchev–Trinajstić information content (AvgIpc) is 3.19. The Morgan fingerprint density at radius 2 is 1.88 bits per heavy atom. The molecule has 0 atom stereocenters. The Bertz CT molecular complexity index is 408. The molecule has 1 nitrogen and oxygen atoms in total. The molecule has 0 saturated heterocycles. The predicted octanol–water partition coefficient (Wildman–Crippen LogP) is 3.72. The summed E-state index contributed by atoms with van der Waals surface area (Å²) in [5.74, 6) is 0.866. The summed E-state index contributed by atoms with van der Waals surface area (Å²) < 4.78 is 0. The second-order valence-electron chi connectivity index (χ2n) is 5.59. The van der Waals surface area contributed by atoms with Crippen molar-refractivity contribution in [2.24, 2.45) is 0 Å². The van der Waals surface area contributed by atoms with Crippen LogP contribution in [0.25, 0.3) is 6.08 Å². The Labute approximate surface area is 104 Å². The Hall–Kier alpha value is -1.08. The van der Waals surface area contributed by atoms with Gasteiger partial charge in [0.2, 0.25) is 0 Å². The van der Waals surface area contributed by atoms with E-state index < -0.39 is 0 Å². The van der Waals surface area contributed by atoms with Gasteiger partial charge >= 0.3 is 0 Å². The van der Waals surface area contributed by atoms with E-state index in [0.29, 0.717) is 0 Å². The topological polar surface area (TPSA) is 12.0 Å².